The molecule has 0 bridgehead atoms. The van der Waals surface area contributed by atoms with Gasteiger partial charge in [-0.1, -0.05) is 121 Å². The van der Waals surface area contributed by atoms with Crippen LogP contribution in [0.15, 0.2) is 121 Å². The Kier molecular flexibility index (Phi) is 10.7. The van der Waals surface area contributed by atoms with Crippen LogP contribution in [0.5, 0.6) is 0 Å². The monoisotopic (exact) mass is 506 g/mol. The van der Waals surface area contributed by atoms with Gasteiger partial charge in [-0.2, -0.15) is 0 Å². The predicted molar refractivity (Wildman–Crippen MR) is 154 cm³/mol. The topological polar surface area (TPSA) is 32.8 Å². The maximum Gasteiger partial charge on any atom is 0.323 e. The Labute approximate surface area is 227 Å². The molecule has 0 aromatic heterocycles. The van der Waals surface area contributed by atoms with Gasteiger partial charge < -0.3 is 4.74 Å². The lowest BCUT2D eigenvalue weighted by Gasteiger charge is -2.31. The lowest BCUT2D eigenvalue weighted by molar-refractivity contribution is -0.148. The molecule has 0 saturated heterocycles. The molecule has 196 valence electrons. The molecule has 0 N–H and O–H groups in total. The van der Waals surface area contributed by atoms with Crippen LogP contribution < -0.4 is 0 Å². The van der Waals surface area contributed by atoms with E-state index in [-0.39, 0.29) is 12.0 Å². The van der Waals surface area contributed by atoms with E-state index in [1.807, 2.05) is 36.4 Å². The van der Waals surface area contributed by atoms with Crippen LogP contribution in [0.4, 0.5) is 0 Å². The molecule has 38 heavy (non-hydrogen) atoms. The number of rotatable bonds is 14. The summed E-state index contributed by atoms with van der Waals surface area (Å²) in [5.74, 6) is -0.172. The Morgan fingerprint density at radius 3 is 1.34 bits per heavy atom. The molecule has 0 radical (unpaired) electrons. The Morgan fingerprint density at radius 2 is 0.974 bits per heavy atom. The molecule has 4 rings (SSSR count). The Bertz CT molecular complexity index is 1120. The molecule has 0 heterocycles. The number of esters is 1. The molecule has 4 heteroatoms. The minimum atomic E-state index is -0.323. The van der Waals surface area contributed by atoms with E-state index < -0.39 is 0 Å². The molecule has 0 amide bonds. The summed E-state index contributed by atoms with van der Waals surface area (Å²) in [5, 5.41) is 0. The van der Waals surface area contributed by atoms with Crippen molar-refractivity contribution >= 4 is 5.97 Å². The third-order valence-electron chi connectivity index (χ3n) is 6.82. The SMILES string of the molecule is COC(=O)C(CCCN(Cc1ccccc1)Cc1ccccc1)N(Cc1ccccc1)Cc1ccccc1. The van der Waals surface area contributed by atoms with E-state index in [0.717, 1.165) is 32.5 Å². The fourth-order valence-corrected chi connectivity index (χ4v) is 4.90. The zero-order valence-electron chi connectivity index (χ0n) is 22.3. The molecule has 4 nitrogen and oxygen atoms in total. The van der Waals surface area contributed by atoms with Crippen molar-refractivity contribution in [2.24, 2.45) is 0 Å². The van der Waals surface area contributed by atoms with E-state index in [4.69, 9.17) is 4.74 Å². The second kappa shape index (κ2) is 14.9. The molecule has 0 spiro atoms. The van der Waals surface area contributed by atoms with Gasteiger partial charge in [0, 0.05) is 26.2 Å². The molecular formula is C34H38N2O2. The van der Waals surface area contributed by atoms with Gasteiger partial charge in [0.2, 0.25) is 0 Å². The molecule has 0 aliphatic rings. The number of benzene rings is 4. The van der Waals surface area contributed by atoms with Crippen LogP contribution in [0.3, 0.4) is 0 Å². The molecule has 0 aliphatic carbocycles. The van der Waals surface area contributed by atoms with Crippen LogP contribution in [0.2, 0.25) is 0 Å². The quantitative estimate of drug-likeness (QED) is 0.178. The predicted octanol–water partition coefficient (Wildman–Crippen LogP) is 6.71. The molecule has 1 unspecified atom stereocenters. The summed E-state index contributed by atoms with van der Waals surface area (Å²) >= 11 is 0. The highest BCUT2D eigenvalue weighted by molar-refractivity contribution is 5.75. The van der Waals surface area contributed by atoms with Gasteiger partial charge in [-0.3, -0.25) is 14.6 Å². The normalized spacial score (nSPS) is 12.0. The average molecular weight is 507 g/mol. The third kappa shape index (κ3) is 8.69. The first-order valence-electron chi connectivity index (χ1n) is 13.4. The molecule has 0 aliphatic heterocycles. The van der Waals surface area contributed by atoms with Crippen molar-refractivity contribution in [3.05, 3.63) is 144 Å². The first-order valence-corrected chi connectivity index (χ1v) is 13.4. The summed E-state index contributed by atoms with van der Waals surface area (Å²) in [6, 6.07) is 41.6. The molecule has 0 fully saturated rings. The number of hydrogen-bond acceptors (Lipinski definition) is 4. The summed E-state index contributed by atoms with van der Waals surface area (Å²) in [6.45, 7) is 4.01. The zero-order valence-corrected chi connectivity index (χ0v) is 22.3. The summed E-state index contributed by atoms with van der Waals surface area (Å²) in [4.78, 5) is 17.8. The lowest BCUT2D eigenvalue weighted by Crippen LogP contribution is -2.41. The van der Waals surface area contributed by atoms with Crippen LogP contribution in [-0.4, -0.2) is 35.5 Å². The van der Waals surface area contributed by atoms with Crippen molar-refractivity contribution < 1.29 is 9.53 Å². The minimum absolute atomic E-state index is 0.172. The van der Waals surface area contributed by atoms with Crippen molar-refractivity contribution in [2.75, 3.05) is 13.7 Å². The smallest absolute Gasteiger partial charge is 0.323 e. The number of hydrogen-bond donors (Lipinski definition) is 0. The van der Waals surface area contributed by atoms with E-state index in [0.29, 0.717) is 13.1 Å². The van der Waals surface area contributed by atoms with E-state index in [9.17, 15) is 4.79 Å². The summed E-state index contributed by atoms with van der Waals surface area (Å²) in [7, 11) is 1.50. The maximum atomic E-state index is 13.1. The van der Waals surface area contributed by atoms with Gasteiger partial charge in [-0.15, -0.1) is 0 Å². The van der Waals surface area contributed by atoms with Crippen LogP contribution in [0.1, 0.15) is 35.1 Å². The van der Waals surface area contributed by atoms with Crippen molar-refractivity contribution in [1.82, 2.24) is 9.80 Å². The van der Waals surface area contributed by atoms with Crippen molar-refractivity contribution in [3.8, 4) is 0 Å². The second-order valence-corrected chi connectivity index (χ2v) is 9.74. The first kappa shape index (κ1) is 27.3. The van der Waals surface area contributed by atoms with Crippen molar-refractivity contribution in [3.63, 3.8) is 0 Å². The van der Waals surface area contributed by atoms with Gasteiger partial charge in [-0.25, -0.2) is 0 Å². The highest BCUT2D eigenvalue weighted by Crippen LogP contribution is 2.19. The van der Waals surface area contributed by atoms with E-state index >= 15 is 0 Å². The van der Waals surface area contributed by atoms with Crippen LogP contribution >= 0.6 is 0 Å². The van der Waals surface area contributed by atoms with Gasteiger partial charge in [0.25, 0.3) is 0 Å². The number of ether oxygens (including phenoxy) is 1. The largest absolute Gasteiger partial charge is 0.468 e. The molecule has 4 aromatic rings. The zero-order chi connectivity index (χ0) is 26.4. The maximum absolute atomic E-state index is 13.1. The Hall–Kier alpha value is -3.73. The van der Waals surface area contributed by atoms with E-state index in [1.165, 1.54) is 29.4 Å². The van der Waals surface area contributed by atoms with Crippen LogP contribution in [0, 0.1) is 0 Å². The first-order chi connectivity index (χ1) is 18.7. The molecule has 1 atom stereocenters. The van der Waals surface area contributed by atoms with Gasteiger partial charge in [0.1, 0.15) is 6.04 Å². The highest BCUT2D eigenvalue weighted by atomic mass is 16.5. The average Bonchev–Trinajstić information content (AvgIpc) is 2.97. The van der Waals surface area contributed by atoms with Crippen molar-refractivity contribution in [2.45, 2.75) is 45.1 Å². The standard InChI is InChI=1S/C34H38N2O2/c1-38-34(37)33(36(27-31-19-10-4-11-20-31)28-32-21-12-5-13-22-32)23-14-24-35(25-29-15-6-2-7-16-29)26-30-17-8-3-9-18-30/h2-13,15-22,33H,14,23-28H2,1H3. The number of nitrogens with zero attached hydrogens (tertiary/aromatic N) is 2. The third-order valence-corrected chi connectivity index (χ3v) is 6.82. The van der Waals surface area contributed by atoms with E-state index in [2.05, 4.69) is 94.7 Å². The highest BCUT2D eigenvalue weighted by Gasteiger charge is 2.27. The fourth-order valence-electron chi connectivity index (χ4n) is 4.90. The summed E-state index contributed by atoms with van der Waals surface area (Å²) < 4.78 is 5.32. The second-order valence-electron chi connectivity index (χ2n) is 9.74. The Morgan fingerprint density at radius 1 is 0.605 bits per heavy atom. The van der Waals surface area contributed by atoms with E-state index in [1.54, 1.807) is 0 Å². The summed E-state index contributed by atoms with van der Waals surface area (Å²) in [6.07, 6.45) is 1.62. The van der Waals surface area contributed by atoms with Gasteiger partial charge in [-0.05, 0) is 41.6 Å². The molecular weight excluding hydrogens is 468 g/mol. The van der Waals surface area contributed by atoms with Crippen LogP contribution in [-0.2, 0) is 35.7 Å². The van der Waals surface area contributed by atoms with Gasteiger partial charge in [0.05, 0.1) is 7.11 Å². The van der Waals surface area contributed by atoms with Crippen molar-refractivity contribution in [1.29, 1.82) is 0 Å². The molecule has 4 aromatic carbocycles. The van der Waals surface area contributed by atoms with Gasteiger partial charge >= 0.3 is 5.97 Å². The van der Waals surface area contributed by atoms with Gasteiger partial charge in [0.15, 0.2) is 0 Å². The lowest BCUT2D eigenvalue weighted by atomic mass is 10.1. The van der Waals surface area contributed by atoms with Crippen LogP contribution in [0.25, 0.3) is 0 Å². The fraction of sp³-hybridized carbons (Fsp3) is 0.265. The molecule has 0 saturated carbocycles. The Balaban J connectivity index is 1.48. The number of carbonyl (C=O) groups is 1. The summed E-state index contributed by atoms with van der Waals surface area (Å²) in [5.41, 5.74) is 4.96. The minimum Gasteiger partial charge on any atom is -0.468 e. The number of carbonyl (C=O) groups excluding carboxylic acids is 1. The number of methoxy groups -OCH3 is 1.